The van der Waals surface area contributed by atoms with Crippen LogP contribution in [0, 0.1) is 0 Å². The quantitative estimate of drug-likeness (QED) is 0.792. The van der Waals surface area contributed by atoms with Gasteiger partial charge in [0, 0.05) is 0 Å². The third kappa shape index (κ3) is 2.25. The summed E-state index contributed by atoms with van der Waals surface area (Å²) in [5, 5.41) is 2.16. The van der Waals surface area contributed by atoms with Crippen LogP contribution in [0.3, 0.4) is 0 Å². The number of benzene rings is 1. The van der Waals surface area contributed by atoms with Gasteiger partial charge in [0.2, 0.25) is 0 Å². The first-order chi connectivity index (χ1) is 8.22. The molecule has 0 atom stereocenters. The number of carbonyl (C=O) groups is 2. The summed E-state index contributed by atoms with van der Waals surface area (Å²) >= 11 is 0. The maximum Gasteiger partial charge on any atom is 0.294 e. The zero-order valence-electron chi connectivity index (χ0n) is 9.10. The molecule has 1 aliphatic heterocycles. The Kier molecular flexibility index (Phi) is 3.05. The summed E-state index contributed by atoms with van der Waals surface area (Å²) in [6, 6.07) is 9.40. The van der Waals surface area contributed by atoms with Gasteiger partial charge in [-0.1, -0.05) is 43.0 Å². The van der Waals surface area contributed by atoms with Crippen LogP contribution in [-0.4, -0.2) is 11.8 Å². The predicted octanol–water partition coefficient (Wildman–Crippen LogP) is 1.30. The van der Waals surface area contributed by atoms with Gasteiger partial charge in [0.15, 0.2) is 5.76 Å². The van der Waals surface area contributed by atoms with Crippen molar-refractivity contribution in [3.05, 3.63) is 59.9 Å². The summed E-state index contributed by atoms with van der Waals surface area (Å²) in [6.07, 6.45) is 1.32. The molecule has 86 valence electrons. The van der Waals surface area contributed by atoms with Gasteiger partial charge in [0.25, 0.3) is 11.8 Å². The van der Waals surface area contributed by atoms with Crippen LogP contribution in [0.1, 0.15) is 5.56 Å². The lowest BCUT2D eigenvalue weighted by Gasteiger charge is -2.05. The lowest BCUT2D eigenvalue weighted by Crippen LogP contribution is -2.23. The zero-order valence-corrected chi connectivity index (χ0v) is 9.10. The molecule has 1 aliphatic rings. The number of rotatable bonds is 4. The highest BCUT2D eigenvalue weighted by Crippen LogP contribution is 2.16. The molecule has 0 unspecified atom stereocenters. The molecule has 1 aromatic carbocycles. The second-order valence-corrected chi connectivity index (χ2v) is 3.50. The van der Waals surface area contributed by atoms with E-state index in [-0.39, 0.29) is 17.9 Å². The number of carbonyl (C=O) groups excluding carboxylic acids is 2. The highest BCUT2D eigenvalue weighted by molar-refractivity contribution is 6.19. The van der Waals surface area contributed by atoms with E-state index in [1.807, 2.05) is 30.3 Å². The van der Waals surface area contributed by atoms with Crippen LogP contribution >= 0.6 is 0 Å². The molecule has 0 fully saturated rings. The molecule has 0 aromatic heterocycles. The van der Waals surface area contributed by atoms with Crippen molar-refractivity contribution in [3.8, 4) is 0 Å². The Bertz CT molecular complexity index is 503. The lowest BCUT2D eigenvalue weighted by molar-refractivity contribution is -0.125. The Morgan fingerprint density at radius 2 is 1.88 bits per heavy atom. The molecule has 2 amide bonds. The molecule has 1 aromatic rings. The summed E-state index contributed by atoms with van der Waals surface area (Å²) in [5.74, 6) is -0.942. The number of nitrogens with one attached hydrogen (secondary N) is 1. The fourth-order valence-corrected chi connectivity index (χ4v) is 1.51. The number of amides is 2. The van der Waals surface area contributed by atoms with E-state index in [0.717, 1.165) is 5.56 Å². The molecular weight excluding hydrogens is 218 g/mol. The van der Waals surface area contributed by atoms with E-state index in [9.17, 15) is 9.59 Å². The number of ether oxygens (including phenoxy) is 1. The van der Waals surface area contributed by atoms with Gasteiger partial charge in [0.1, 0.15) is 6.61 Å². The molecule has 0 radical (unpaired) electrons. The van der Waals surface area contributed by atoms with Gasteiger partial charge in [-0.15, -0.1) is 0 Å². The first-order valence-electron chi connectivity index (χ1n) is 5.11. The highest BCUT2D eigenvalue weighted by Gasteiger charge is 2.29. The molecule has 1 N–H and O–H groups in total. The first kappa shape index (κ1) is 11.1. The molecule has 4 heteroatoms. The van der Waals surface area contributed by atoms with E-state index in [1.165, 1.54) is 6.08 Å². The molecule has 0 spiro atoms. The molecule has 0 saturated carbocycles. The number of hydrogen-bond donors (Lipinski definition) is 1. The van der Waals surface area contributed by atoms with Crippen LogP contribution in [0.4, 0.5) is 0 Å². The fraction of sp³-hybridized carbons (Fsp3) is 0.0769. The topological polar surface area (TPSA) is 55.4 Å². The van der Waals surface area contributed by atoms with Gasteiger partial charge in [-0.25, -0.2) is 0 Å². The molecule has 1 heterocycles. The van der Waals surface area contributed by atoms with Crippen molar-refractivity contribution in [2.24, 2.45) is 0 Å². The number of hydrogen-bond acceptors (Lipinski definition) is 3. The molecular formula is C13H11NO3. The summed E-state index contributed by atoms with van der Waals surface area (Å²) in [5.41, 5.74) is 1.11. The predicted molar refractivity (Wildman–Crippen MR) is 61.6 cm³/mol. The Morgan fingerprint density at radius 1 is 1.18 bits per heavy atom. The van der Waals surface area contributed by atoms with Crippen molar-refractivity contribution in [2.75, 3.05) is 0 Å². The van der Waals surface area contributed by atoms with Crippen LogP contribution in [-0.2, 0) is 20.9 Å². The van der Waals surface area contributed by atoms with Crippen LogP contribution < -0.4 is 5.32 Å². The van der Waals surface area contributed by atoms with Crippen LogP contribution in [0.2, 0.25) is 0 Å². The van der Waals surface area contributed by atoms with Crippen LogP contribution in [0.5, 0.6) is 0 Å². The van der Waals surface area contributed by atoms with Gasteiger partial charge < -0.3 is 4.74 Å². The summed E-state index contributed by atoms with van der Waals surface area (Å²) in [4.78, 5) is 22.7. The summed E-state index contributed by atoms with van der Waals surface area (Å²) in [6.45, 7) is 3.73. The normalized spacial score (nSPS) is 14.8. The average molecular weight is 229 g/mol. The average Bonchev–Trinajstić information content (AvgIpc) is 2.62. The monoisotopic (exact) mass is 229 g/mol. The van der Waals surface area contributed by atoms with Gasteiger partial charge in [-0.05, 0) is 5.56 Å². The maximum absolute atomic E-state index is 11.4. The SMILES string of the molecule is C=CC1=C(OCc2ccccc2)C(=O)NC1=O. The molecule has 0 bridgehead atoms. The van der Waals surface area contributed by atoms with Crippen molar-refractivity contribution in [1.82, 2.24) is 5.32 Å². The summed E-state index contributed by atoms with van der Waals surface area (Å²) < 4.78 is 5.35. The molecule has 0 saturated heterocycles. The van der Waals surface area contributed by atoms with E-state index < -0.39 is 11.8 Å². The van der Waals surface area contributed by atoms with Crippen LogP contribution in [0.15, 0.2) is 54.3 Å². The van der Waals surface area contributed by atoms with E-state index in [4.69, 9.17) is 4.74 Å². The Morgan fingerprint density at radius 3 is 2.53 bits per heavy atom. The number of imide groups is 1. The maximum atomic E-state index is 11.4. The second-order valence-electron chi connectivity index (χ2n) is 3.50. The Balaban J connectivity index is 2.13. The van der Waals surface area contributed by atoms with Crippen molar-refractivity contribution < 1.29 is 14.3 Å². The van der Waals surface area contributed by atoms with E-state index in [1.54, 1.807) is 0 Å². The Hall–Kier alpha value is -2.36. The Labute approximate surface area is 98.6 Å². The van der Waals surface area contributed by atoms with Crippen molar-refractivity contribution in [1.29, 1.82) is 0 Å². The molecule has 2 rings (SSSR count). The fourth-order valence-electron chi connectivity index (χ4n) is 1.51. The van der Waals surface area contributed by atoms with Crippen molar-refractivity contribution in [2.45, 2.75) is 6.61 Å². The largest absolute Gasteiger partial charge is 0.482 e. The minimum atomic E-state index is -0.513. The third-order valence-corrected chi connectivity index (χ3v) is 2.35. The smallest absolute Gasteiger partial charge is 0.294 e. The first-order valence-corrected chi connectivity index (χ1v) is 5.11. The van der Waals surface area contributed by atoms with E-state index >= 15 is 0 Å². The third-order valence-electron chi connectivity index (χ3n) is 2.35. The second kappa shape index (κ2) is 4.65. The summed E-state index contributed by atoms with van der Waals surface area (Å²) in [7, 11) is 0. The zero-order chi connectivity index (χ0) is 12.3. The standard InChI is InChI=1S/C13H11NO3/c1-2-10-11(13(16)14-12(10)15)17-8-9-6-4-3-5-7-9/h2-7H,1,8H2,(H,14,15,16). The molecule has 0 aliphatic carbocycles. The van der Waals surface area contributed by atoms with E-state index in [2.05, 4.69) is 11.9 Å². The highest BCUT2D eigenvalue weighted by atomic mass is 16.5. The van der Waals surface area contributed by atoms with Crippen molar-refractivity contribution >= 4 is 11.8 Å². The van der Waals surface area contributed by atoms with Gasteiger partial charge in [-0.2, -0.15) is 0 Å². The molecule has 4 nitrogen and oxygen atoms in total. The minimum absolute atomic E-state index is 0.0360. The molecule has 17 heavy (non-hydrogen) atoms. The van der Waals surface area contributed by atoms with Gasteiger partial charge >= 0.3 is 0 Å². The minimum Gasteiger partial charge on any atom is -0.482 e. The van der Waals surface area contributed by atoms with Gasteiger partial charge in [0.05, 0.1) is 5.57 Å². The van der Waals surface area contributed by atoms with E-state index in [0.29, 0.717) is 0 Å². The van der Waals surface area contributed by atoms with Gasteiger partial charge in [-0.3, -0.25) is 14.9 Å². The van der Waals surface area contributed by atoms with Crippen LogP contribution in [0.25, 0.3) is 0 Å². The van der Waals surface area contributed by atoms with Crippen molar-refractivity contribution in [3.63, 3.8) is 0 Å². The lowest BCUT2D eigenvalue weighted by atomic mass is 10.2.